The Kier molecular flexibility index (Phi) is 5.80. The Morgan fingerprint density at radius 3 is 2.77 bits per heavy atom. The van der Waals surface area contributed by atoms with Crippen molar-refractivity contribution in [2.24, 2.45) is 5.10 Å². The molecule has 1 aliphatic heterocycles. The smallest absolute Gasteiger partial charge is 0.267 e. The molecule has 0 aromatic heterocycles. The topological polar surface area (TPSA) is 61.8 Å². The standard InChI is InChI=1S/C15H17Cl2N3O2/c1-20-14(21)7-6-13(19-20)15(22)18-8-2-3-10-4-5-11(16)12(17)9-10/h4-5,9H,2-3,6-8H2,1H3,(H,18,22). The highest BCUT2D eigenvalue weighted by atomic mass is 35.5. The zero-order valence-electron chi connectivity index (χ0n) is 12.2. The molecule has 1 aliphatic rings. The first-order valence-corrected chi connectivity index (χ1v) is 7.79. The molecular weight excluding hydrogens is 325 g/mol. The lowest BCUT2D eigenvalue weighted by atomic mass is 10.1. The predicted molar refractivity (Wildman–Crippen MR) is 87.2 cm³/mol. The van der Waals surface area contributed by atoms with Crippen LogP contribution in [0.15, 0.2) is 23.3 Å². The number of aryl methyl sites for hydroxylation is 1. The van der Waals surface area contributed by atoms with Crippen molar-refractivity contribution in [2.75, 3.05) is 13.6 Å². The van der Waals surface area contributed by atoms with Gasteiger partial charge in [-0.05, 0) is 30.5 Å². The number of carbonyl (C=O) groups excluding carboxylic acids is 2. The van der Waals surface area contributed by atoms with Crippen LogP contribution in [0.1, 0.15) is 24.8 Å². The van der Waals surface area contributed by atoms with Crippen molar-refractivity contribution in [1.82, 2.24) is 10.3 Å². The van der Waals surface area contributed by atoms with E-state index in [1.807, 2.05) is 12.1 Å². The monoisotopic (exact) mass is 341 g/mol. The summed E-state index contributed by atoms with van der Waals surface area (Å²) in [4.78, 5) is 23.2. The van der Waals surface area contributed by atoms with E-state index in [4.69, 9.17) is 23.2 Å². The minimum absolute atomic E-state index is 0.0730. The number of hydrogen-bond acceptors (Lipinski definition) is 3. The Morgan fingerprint density at radius 1 is 1.32 bits per heavy atom. The maximum absolute atomic E-state index is 11.9. The van der Waals surface area contributed by atoms with E-state index >= 15 is 0 Å². The number of hydrogen-bond donors (Lipinski definition) is 1. The lowest BCUT2D eigenvalue weighted by Crippen LogP contribution is -2.38. The van der Waals surface area contributed by atoms with Crippen LogP contribution in [0.3, 0.4) is 0 Å². The van der Waals surface area contributed by atoms with Crippen molar-refractivity contribution in [2.45, 2.75) is 25.7 Å². The van der Waals surface area contributed by atoms with Crippen molar-refractivity contribution in [1.29, 1.82) is 0 Å². The van der Waals surface area contributed by atoms with E-state index in [1.165, 1.54) is 5.01 Å². The largest absolute Gasteiger partial charge is 0.351 e. The van der Waals surface area contributed by atoms with Crippen LogP contribution >= 0.6 is 23.2 Å². The zero-order chi connectivity index (χ0) is 16.1. The minimum Gasteiger partial charge on any atom is -0.351 e. The Bertz CT molecular complexity index is 617. The average Bonchev–Trinajstić information content (AvgIpc) is 2.49. The van der Waals surface area contributed by atoms with Crippen LogP contribution in [0, 0.1) is 0 Å². The summed E-state index contributed by atoms with van der Waals surface area (Å²) >= 11 is 11.8. The second kappa shape index (κ2) is 7.61. The highest BCUT2D eigenvalue weighted by Gasteiger charge is 2.21. The third-order valence-electron chi connectivity index (χ3n) is 3.38. The molecule has 5 nitrogen and oxygen atoms in total. The number of halogens is 2. The molecular formula is C15H17Cl2N3O2. The second-order valence-electron chi connectivity index (χ2n) is 5.07. The lowest BCUT2D eigenvalue weighted by Gasteiger charge is -2.18. The molecule has 2 rings (SSSR count). The molecule has 0 unspecified atom stereocenters. The van der Waals surface area contributed by atoms with Gasteiger partial charge in [-0.25, -0.2) is 5.01 Å². The average molecular weight is 342 g/mol. The van der Waals surface area contributed by atoms with Crippen LogP contribution in [0.2, 0.25) is 10.0 Å². The van der Waals surface area contributed by atoms with Crippen molar-refractivity contribution >= 4 is 40.7 Å². The maximum Gasteiger partial charge on any atom is 0.267 e. The molecule has 1 aromatic carbocycles. The highest BCUT2D eigenvalue weighted by molar-refractivity contribution is 6.42. The van der Waals surface area contributed by atoms with Crippen LogP contribution in [0.4, 0.5) is 0 Å². The van der Waals surface area contributed by atoms with Gasteiger partial charge in [0.1, 0.15) is 5.71 Å². The van der Waals surface area contributed by atoms with Crippen LogP contribution in [0.5, 0.6) is 0 Å². The molecule has 0 fully saturated rings. The van der Waals surface area contributed by atoms with Crippen LogP contribution in [-0.2, 0) is 16.0 Å². The van der Waals surface area contributed by atoms with Crippen LogP contribution < -0.4 is 5.32 Å². The maximum atomic E-state index is 11.9. The summed E-state index contributed by atoms with van der Waals surface area (Å²) < 4.78 is 0. The summed E-state index contributed by atoms with van der Waals surface area (Å²) in [5.41, 5.74) is 1.47. The van der Waals surface area contributed by atoms with E-state index in [2.05, 4.69) is 10.4 Å². The molecule has 0 saturated carbocycles. The zero-order valence-corrected chi connectivity index (χ0v) is 13.7. The first-order valence-electron chi connectivity index (χ1n) is 7.03. The number of rotatable bonds is 5. The third kappa shape index (κ3) is 4.45. The van der Waals surface area contributed by atoms with Gasteiger partial charge in [0, 0.05) is 26.4 Å². The molecule has 2 amide bonds. The molecule has 118 valence electrons. The van der Waals surface area contributed by atoms with Crippen molar-refractivity contribution in [3.05, 3.63) is 33.8 Å². The van der Waals surface area contributed by atoms with Gasteiger partial charge in [-0.3, -0.25) is 9.59 Å². The summed E-state index contributed by atoms with van der Waals surface area (Å²) in [7, 11) is 1.55. The molecule has 1 N–H and O–H groups in total. The summed E-state index contributed by atoms with van der Waals surface area (Å²) in [5, 5.41) is 9.08. The highest BCUT2D eigenvalue weighted by Crippen LogP contribution is 2.23. The number of carbonyl (C=O) groups is 2. The molecule has 0 saturated heterocycles. The Balaban J connectivity index is 1.76. The lowest BCUT2D eigenvalue weighted by molar-refractivity contribution is -0.130. The number of amides is 2. The van der Waals surface area contributed by atoms with Gasteiger partial charge in [0.05, 0.1) is 10.0 Å². The van der Waals surface area contributed by atoms with Crippen molar-refractivity contribution in [3.63, 3.8) is 0 Å². The molecule has 1 aromatic rings. The molecule has 0 bridgehead atoms. The van der Waals surface area contributed by atoms with Crippen molar-refractivity contribution in [3.8, 4) is 0 Å². The fourth-order valence-corrected chi connectivity index (χ4v) is 2.45. The minimum atomic E-state index is -0.214. The van der Waals surface area contributed by atoms with Gasteiger partial charge >= 0.3 is 0 Å². The molecule has 22 heavy (non-hydrogen) atoms. The first kappa shape index (κ1) is 16.8. The fourth-order valence-electron chi connectivity index (χ4n) is 2.12. The van der Waals surface area contributed by atoms with Crippen molar-refractivity contribution < 1.29 is 9.59 Å². The number of hydrazone groups is 1. The summed E-state index contributed by atoms with van der Waals surface area (Å²) in [6.07, 6.45) is 2.29. The molecule has 0 radical (unpaired) electrons. The molecule has 7 heteroatoms. The molecule has 0 atom stereocenters. The van der Waals surface area contributed by atoms with Gasteiger partial charge in [0.2, 0.25) is 5.91 Å². The van der Waals surface area contributed by atoms with Crippen LogP contribution in [0.25, 0.3) is 0 Å². The van der Waals surface area contributed by atoms with E-state index in [0.717, 1.165) is 18.4 Å². The summed E-state index contributed by atoms with van der Waals surface area (Å²) in [6, 6.07) is 5.51. The van der Waals surface area contributed by atoms with E-state index in [-0.39, 0.29) is 11.8 Å². The van der Waals surface area contributed by atoms with Gasteiger partial charge in [-0.15, -0.1) is 0 Å². The number of benzene rings is 1. The van der Waals surface area contributed by atoms with Gasteiger partial charge in [-0.1, -0.05) is 29.3 Å². The quantitative estimate of drug-likeness (QED) is 0.837. The molecule has 0 spiro atoms. The third-order valence-corrected chi connectivity index (χ3v) is 4.12. The molecule has 0 aliphatic carbocycles. The Labute approximate surface area is 139 Å². The predicted octanol–water partition coefficient (Wildman–Crippen LogP) is 2.65. The first-order chi connectivity index (χ1) is 10.5. The van der Waals surface area contributed by atoms with E-state index < -0.39 is 0 Å². The number of nitrogens with zero attached hydrogens (tertiary/aromatic N) is 2. The summed E-state index contributed by atoms with van der Waals surface area (Å²) in [6.45, 7) is 0.537. The normalized spacial score (nSPS) is 14.8. The number of nitrogens with one attached hydrogen (secondary N) is 1. The Hall–Kier alpha value is -1.59. The van der Waals surface area contributed by atoms with Gasteiger partial charge in [0.25, 0.3) is 5.91 Å². The van der Waals surface area contributed by atoms with E-state index in [9.17, 15) is 9.59 Å². The molecule has 1 heterocycles. The van der Waals surface area contributed by atoms with Gasteiger partial charge in [-0.2, -0.15) is 5.10 Å². The second-order valence-corrected chi connectivity index (χ2v) is 5.89. The SMILES string of the molecule is CN1N=C(C(=O)NCCCc2ccc(Cl)c(Cl)c2)CCC1=O. The van der Waals surface area contributed by atoms with Crippen LogP contribution in [-0.4, -0.2) is 36.1 Å². The Morgan fingerprint density at radius 2 is 2.09 bits per heavy atom. The van der Waals surface area contributed by atoms with Gasteiger partial charge < -0.3 is 5.32 Å². The van der Waals surface area contributed by atoms with E-state index in [1.54, 1.807) is 13.1 Å². The van der Waals surface area contributed by atoms with Gasteiger partial charge in [0.15, 0.2) is 0 Å². The summed E-state index contributed by atoms with van der Waals surface area (Å²) in [5.74, 6) is -0.287. The fraction of sp³-hybridized carbons (Fsp3) is 0.400. The van der Waals surface area contributed by atoms with E-state index in [0.29, 0.717) is 35.1 Å².